The van der Waals surface area contributed by atoms with Crippen LogP contribution in [0.4, 0.5) is 4.39 Å². The molecule has 1 heterocycles. The molecule has 0 bridgehead atoms. The molecule has 0 saturated carbocycles. The Bertz CT molecular complexity index is 676. The van der Waals surface area contributed by atoms with Crippen molar-refractivity contribution in [3.8, 4) is 17.9 Å². The molecule has 2 aromatic rings. The molecule has 1 aromatic heterocycles. The molecule has 1 aromatic carbocycles. The van der Waals surface area contributed by atoms with Gasteiger partial charge in [-0.05, 0) is 36.5 Å². The van der Waals surface area contributed by atoms with Crippen LogP contribution in [0.5, 0.6) is 0 Å². The van der Waals surface area contributed by atoms with Crippen LogP contribution in [0, 0.1) is 29.0 Å². The highest BCUT2D eigenvalue weighted by Crippen LogP contribution is 2.05. The Balaban J connectivity index is 1.87. The molecule has 0 aliphatic heterocycles. The Morgan fingerprint density at radius 2 is 1.90 bits per heavy atom. The summed E-state index contributed by atoms with van der Waals surface area (Å²) in [6.07, 6.45) is 2.69. The first kappa shape index (κ1) is 13.8. The number of nitrogens with zero attached hydrogens (tertiary/aromatic N) is 2. The Labute approximate surface area is 117 Å². The molecule has 2 rings (SSSR count). The van der Waals surface area contributed by atoms with E-state index in [-0.39, 0.29) is 5.69 Å². The van der Waals surface area contributed by atoms with Crippen molar-refractivity contribution in [3.05, 3.63) is 65.2 Å². The van der Waals surface area contributed by atoms with Crippen molar-refractivity contribution in [1.29, 1.82) is 5.26 Å². The lowest BCUT2D eigenvalue weighted by Crippen LogP contribution is -1.92. The third-order valence-electron chi connectivity index (χ3n) is 2.78. The van der Waals surface area contributed by atoms with Gasteiger partial charge in [0, 0.05) is 6.42 Å². The zero-order chi connectivity index (χ0) is 14.2. The maximum absolute atomic E-state index is 13.1. The van der Waals surface area contributed by atoms with Crippen LogP contribution < -0.4 is 0 Å². The summed E-state index contributed by atoms with van der Waals surface area (Å²) >= 11 is 0. The number of nitriles is 1. The highest BCUT2D eigenvalue weighted by Gasteiger charge is 2.02. The molecular weight excluding hydrogens is 251 g/mol. The predicted molar refractivity (Wildman–Crippen MR) is 75.2 cm³/mol. The maximum atomic E-state index is 13.1. The summed E-state index contributed by atoms with van der Waals surface area (Å²) in [5.74, 6) is 5.24. The van der Waals surface area contributed by atoms with Gasteiger partial charge in [-0.25, -0.2) is 9.37 Å². The third-order valence-corrected chi connectivity index (χ3v) is 2.78. The average molecular weight is 264 g/mol. The Hall–Kier alpha value is -2.65. The largest absolute Gasteiger partial charge is 0.226 e. The smallest absolute Gasteiger partial charge is 0.177 e. The Kier molecular flexibility index (Phi) is 4.87. The fourth-order valence-electron chi connectivity index (χ4n) is 1.77. The molecule has 0 N–H and O–H groups in total. The van der Waals surface area contributed by atoms with E-state index in [1.165, 1.54) is 17.7 Å². The van der Waals surface area contributed by atoms with E-state index < -0.39 is 5.82 Å². The number of aromatic nitrogens is 1. The predicted octanol–water partition coefficient (Wildman–Crippen LogP) is 3.47. The zero-order valence-electron chi connectivity index (χ0n) is 10.9. The van der Waals surface area contributed by atoms with E-state index in [4.69, 9.17) is 5.26 Å². The van der Waals surface area contributed by atoms with E-state index in [0.29, 0.717) is 5.69 Å². The van der Waals surface area contributed by atoms with Crippen molar-refractivity contribution in [3.63, 3.8) is 0 Å². The summed E-state index contributed by atoms with van der Waals surface area (Å²) in [6.45, 7) is 0. The average Bonchev–Trinajstić information content (AvgIpc) is 2.49. The highest BCUT2D eigenvalue weighted by atomic mass is 19.1. The van der Waals surface area contributed by atoms with Crippen LogP contribution in [0.3, 0.4) is 0 Å². The minimum Gasteiger partial charge on any atom is -0.226 e. The van der Waals surface area contributed by atoms with Gasteiger partial charge in [-0.2, -0.15) is 5.26 Å². The highest BCUT2D eigenvalue weighted by molar-refractivity contribution is 5.33. The van der Waals surface area contributed by atoms with Gasteiger partial charge < -0.3 is 0 Å². The van der Waals surface area contributed by atoms with Crippen molar-refractivity contribution < 1.29 is 4.39 Å². The van der Waals surface area contributed by atoms with Gasteiger partial charge in [0.2, 0.25) is 0 Å². The number of hydrogen-bond acceptors (Lipinski definition) is 2. The first-order valence-electron chi connectivity index (χ1n) is 6.39. The van der Waals surface area contributed by atoms with E-state index in [1.54, 1.807) is 6.07 Å². The zero-order valence-corrected chi connectivity index (χ0v) is 10.9. The van der Waals surface area contributed by atoms with Gasteiger partial charge in [0.15, 0.2) is 11.5 Å². The summed E-state index contributed by atoms with van der Waals surface area (Å²) in [7, 11) is 0. The quantitative estimate of drug-likeness (QED) is 0.628. The van der Waals surface area contributed by atoms with Crippen LogP contribution in [0.25, 0.3) is 0 Å². The molecule has 0 radical (unpaired) electrons. The van der Waals surface area contributed by atoms with Gasteiger partial charge in [-0.15, -0.1) is 0 Å². The van der Waals surface area contributed by atoms with Crippen molar-refractivity contribution in [2.75, 3.05) is 0 Å². The standard InChI is InChI=1S/C17H13FN2/c18-16-12-11-15(20-17(16)13-19)10-6-2-5-9-14-7-3-1-4-8-14/h1,3-4,7-8,11-12H,2,5,9H2. The van der Waals surface area contributed by atoms with Crippen LogP contribution in [0.2, 0.25) is 0 Å². The molecule has 0 aliphatic rings. The number of halogens is 1. The number of rotatable bonds is 3. The minimum absolute atomic E-state index is 0.207. The number of benzene rings is 1. The first-order chi connectivity index (χ1) is 9.79. The molecular formula is C17H13FN2. The molecule has 0 saturated heterocycles. The number of hydrogen-bond donors (Lipinski definition) is 0. The molecule has 0 aliphatic carbocycles. The fraction of sp³-hybridized carbons (Fsp3) is 0.176. The van der Waals surface area contributed by atoms with Crippen LogP contribution in [-0.2, 0) is 6.42 Å². The molecule has 0 fully saturated rings. The minimum atomic E-state index is -0.609. The van der Waals surface area contributed by atoms with Crippen LogP contribution in [0.15, 0.2) is 42.5 Å². The molecule has 20 heavy (non-hydrogen) atoms. The summed E-state index contributed by atoms with van der Waals surface area (Å²) in [4.78, 5) is 3.84. The second-order valence-electron chi connectivity index (χ2n) is 4.28. The third kappa shape index (κ3) is 3.93. The van der Waals surface area contributed by atoms with Gasteiger partial charge >= 0.3 is 0 Å². The number of pyridine rings is 1. The van der Waals surface area contributed by atoms with Gasteiger partial charge in [-0.1, -0.05) is 36.3 Å². The SMILES string of the molecule is N#Cc1nc(C#CCCCc2ccccc2)ccc1F. The van der Waals surface area contributed by atoms with E-state index in [0.717, 1.165) is 19.3 Å². The molecule has 98 valence electrons. The summed E-state index contributed by atoms with van der Waals surface area (Å²) in [5, 5.41) is 8.68. The second-order valence-corrected chi connectivity index (χ2v) is 4.28. The molecule has 0 amide bonds. The van der Waals surface area contributed by atoms with Crippen LogP contribution in [0.1, 0.15) is 29.8 Å². The lowest BCUT2D eigenvalue weighted by Gasteiger charge is -1.97. The second kappa shape index (κ2) is 7.07. The molecule has 0 spiro atoms. The molecule has 3 heteroatoms. The van der Waals surface area contributed by atoms with E-state index in [1.807, 2.05) is 18.2 Å². The van der Waals surface area contributed by atoms with Gasteiger partial charge in [0.05, 0.1) is 0 Å². The van der Waals surface area contributed by atoms with Crippen molar-refractivity contribution in [1.82, 2.24) is 4.98 Å². The van der Waals surface area contributed by atoms with Gasteiger partial charge in [0.1, 0.15) is 11.8 Å². The van der Waals surface area contributed by atoms with Gasteiger partial charge in [-0.3, -0.25) is 0 Å². The maximum Gasteiger partial charge on any atom is 0.177 e. The van der Waals surface area contributed by atoms with Crippen LogP contribution >= 0.6 is 0 Å². The van der Waals surface area contributed by atoms with Crippen molar-refractivity contribution in [2.24, 2.45) is 0 Å². The Morgan fingerprint density at radius 1 is 1.10 bits per heavy atom. The lowest BCUT2D eigenvalue weighted by atomic mass is 10.1. The number of aryl methyl sites for hydroxylation is 1. The lowest BCUT2D eigenvalue weighted by molar-refractivity contribution is 0.616. The first-order valence-corrected chi connectivity index (χ1v) is 6.39. The molecule has 0 atom stereocenters. The monoisotopic (exact) mass is 264 g/mol. The van der Waals surface area contributed by atoms with Crippen molar-refractivity contribution >= 4 is 0 Å². The molecule has 2 nitrogen and oxygen atoms in total. The van der Waals surface area contributed by atoms with Crippen molar-refractivity contribution in [2.45, 2.75) is 19.3 Å². The summed E-state index contributed by atoms with van der Waals surface area (Å²) < 4.78 is 13.1. The van der Waals surface area contributed by atoms with Crippen LogP contribution in [-0.4, -0.2) is 4.98 Å². The summed E-state index contributed by atoms with van der Waals surface area (Å²) in [5.41, 5.74) is 1.52. The number of unbranched alkanes of at least 4 members (excludes halogenated alkanes) is 1. The topological polar surface area (TPSA) is 36.7 Å². The summed E-state index contributed by atoms with van der Waals surface area (Å²) in [6, 6.07) is 14.6. The normalized spacial score (nSPS) is 9.40. The van der Waals surface area contributed by atoms with Gasteiger partial charge in [0.25, 0.3) is 0 Å². The van der Waals surface area contributed by atoms with E-state index in [2.05, 4.69) is 29.0 Å². The van der Waals surface area contributed by atoms with E-state index >= 15 is 0 Å². The Morgan fingerprint density at radius 3 is 2.65 bits per heavy atom. The molecule has 0 unspecified atom stereocenters. The van der Waals surface area contributed by atoms with E-state index in [9.17, 15) is 4.39 Å². The fourth-order valence-corrected chi connectivity index (χ4v) is 1.77.